The second-order valence-electron chi connectivity index (χ2n) is 7.04. The van der Waals surface area contributed by atoms with E-state index in [-0.39, 0.29) is 6.54 Å². The van der Waals surface area contributed by atoms with E-state index >= 15 is 0 Å². The third-order valence-corrected chi connectivity index (χ3v) is 5.23. The molecule has 8 nitrogen and oxygen atoms in total. The Balaban J connectivity index is 1.63. The lowest BCUT2D eigenvalue weighted by molar-refractivity contribution is -0.141. The maximum Gasteiger partial charge on any atom is 0.437 e. The standard InChI is InChI=1S/C19H15F3N6O2/c1-10-3-2-5-28-13(10)7-12(26-28)15-14-11(23-8-24-14)4-6-27(15)18(29)16-17(19(20,21)22)25-9-30-16/h2-3,5,7-9,15H,4,6H2,1H3,(H,23,24). The molecule has 1 N–H and O–H groups in total. The molecule has 5 heterocycles. The molecule has 154 valence electrons. The number of nitrogens with zero attached hydrogens (tertiary/aromatic N) is 5. The second kappa shape index (κ2) is 6.44. The number of rotatable bonds is 2. The number of aromatic amines is 1. The van der Waals surface area contributed by atoms with Crippen molar-refractivity contribution in [2.75, 3.05) is 6.54 Å². The molecule has 0 saturated heterocycles. The normalized spacial score (nSPS) is 16.8. The molecule has 0 aliphatic carbocycles. The predicted octanol–water partition coefficient (Wildman–Crippen LogP) is 3.16. The van der Waals surface area contributed by atoms with Crippen molar-refractivity contribution in [3.63, 3.8) is 0 Å². The van der Waals surface area contributed by atoms with Crippen LogP contribution in [0.25, 0.3) is 5.52 Å². The number of imidazole rings is 1. The Morgan fingerprint density at radius 3 is 2.93 bits per heavy atom. The minimum absolute atomic E-state index is 0.170. The Labute approximate surface area is 167 Å². The van der Waals surface area contributed by atoms with E-state index in [4.69, 9.17) is 4.42 Å². The number of aromatic nitrogens is 5. The number of carbonyl (C=O) groups excluding carboxylic acids is 1. The molecular formula is C19H15F3N6O2. The number of hydrogen-bond acceptors (Lipinski definition) is 5. The van der Waals surface area contributed by atoms with Crippen LogP contribution in [-0.4, -0.2) is 41.9 Å². The van der Waals surface area contributed by atoms with Gasteiger partial charge in [-0.05, 0) is 24.6 Å². The van der Waals surface area contributed by atoms with Crippen molar-refractivity contribution in [1.82, 2.24) is 29.5 Å². The van der Waals surface area contributed by atoms with Gasteiger partial charge in [-0.25, -0.2) is 14.5 Å². The zero-order chi connectivity index (χ0) is 21.0. The Bertz CT molecular complexity index is 1250. The zero-order valence-electron chi connectivity index (χ0n) is 15.6. The molecule has 0 bridgehead atoms. The van der Waals surface area contributed by atoms with Gasteiger partial charge in [0.2, 0.25) is 5.76 Å². The van der Waals surface area contributed by atoms with Crippen LogP contribution in [0.15, 0.2) is 41.5 Å². The summed E-state index contributed by atoms with van der Waals surface area (Å²) < 4.78 is 46.4. The van der Waals surface area contributed by atoms with Crippen LogP contribution in [0.1, 0.15) is 44.9 Å². The number of halogens is 3. The lowest BCUT2D eigenvalue weighted by Gasteiger charge is -2.33. The molecule has 0 spiro atoms. The number of aryl methyl sites for hydroxylation is 1. The summed E-state index contributed by atoms with van der Waals surface area (Å²) in [6.45, 7) is 2.10. The van der Waals surface area contributed by atoms with Gasteiger partial charge in [0, 0.05) is 24.9 Å². The van der Waals surface area contributed by atoms with Crippen molar-refractivity contribution in [2.45, 2.75) is 25.6 Å². The van der Waals surface area contributed by atoms with Crippen molar-refractivity contribution in [3.8, 4) is 0 Å². The van der Waals surface area contributed by atoms with Gasteiger partial charge in [-0.1, -0.05) is 6.07 Å². The lowest BCUT2D eigenvalue weighted by Crippen LogP contribution is -2.41. The maximum atomic E-state index is 13.3. The highest BCUT2D eigenvalue weighted by atomic mass is 19.4. The van der Waals surface area contributed by atoms with Crippen molar-refractivity contribution in [1.29, 1.82) is 0 Å². The first-order chi connectivity index (χ1) is 14.3. The summed E-state index contributed by atoms with van der Waals surface area (Å²) in [6.07, 6.45) is -0.490. The average molecular weight is 416 g/mol. The average Bonchev–Trinajstić information content (AvgIpc) is 3.44. The topological polar surface area (TPSA) is 92.3 Å². The molecule has 1 amide bonds. The number of oxazole rings is 1. The highest BCUT2D eigenvalue weighted by Gasteiger charge is 2.44. The molecule has 0 radical (unpaired) electrons. The lowest BCUT2D eigenvalue weighted by atomic mass is 9.99. The monoisotopic (exact) mass is 416 g/mol. The van der Waals surface area contributed by atoms with E-state index in [1.165, 1.54) is 11.2 Å². The van der Waals surface area contributed by atoms with Crippen LogP contribution in [0.4, 0.5) is 13.2 Å². The van der Waals surface area contributed by atoms with Gasteiger partial charge < -0.3 is 14.3 Å². The summed E-state index contributed by atoms with van der Waals surface area (Å²) in [4.78, 5) is 25.0. The number of amides is 1. The number of H-pyrrole nitrogens is 1. The summed E-state index contributed by atoms with van der Waals surface area (Å²) >= 11 is 0. The first-order valence-electron chi connectivity index (χ1n) is 9.13. The third-order valence-electron chi connectivity index (χ3n) is 5.23. The Kier molecular flexibility index (Phi) is 3.95. The molecule has 1 atom stereocenters. The Hall–Kier alpha value is -3.63. The van der Waals surface area contributed by atoms with Crippen LogP contribution in [0.3, 0.4) is 0 Å². The fourth-order valence-corrected chi connectivity index (χ4v) is 3.83. The van der Waals surface area contributed by atoms with Gasteiger partial charge in [-0.3, -0.25) is 4.79 Å². The van der Waals surface area contributed by atoms with E-state index < -0.39 is 29.6 Å². The summed E-state index contributed by atoms with van der Waals surface area (Å²) in [6, 6.07) is 4.81. The van der Waals surface area contributed by atoms with Gasteiger partial charge in [-0.2, -0.15) is 18.3 Å². The van der Waals surface area contributed by atoms with Gasteiger partial charge in [0.1, 0.15) is 6.04 Å². The summed E-state index contributed by atoms with van der Waals surface area (Å²) in [5, 5.41) is 4.56. The maximum absolute atomic E-state index is 13.3. The number of carbonyl (C=O) groups is 1. The molecule has 0 saturated carbocycles. The third kappa shape index (κ3) is 2.77. The fourth-order valence-electron chi connectivity index (χ4n) is 3.83. The molecular weight excluding hydrogens is 401 g/mol. The highest BCUT2D eigenvalue weighted by molar-refractivity contribution is 5.93. The first kappa shape index (κ1) is 18.4. The van der Waals surface area contributed by atoms with E-state index in [0.29, 0.717) is 24.2 Å². The molecule has 4 aromatic heterocycles. The molecule has 5 rings (SSSR count). The predicted molar refractivity (Wildman–Crippen MR) is 96.6 cm³/mol. The van der Waals surface area contributed by atoms with E-state index in [0.717, 1.165) is 16.8 Å². The first-order valence-corrected chi connectivity index (χ1v) is 9.13. The fraction of sp³-hybridized carbons (Fsp3) is 0.263. The molecule has 4 aromatic rings. The molecule has 1 aliphatic rings. The van der Waals surface area contributed by atoms with Crippen molar-refractivity contribution < 1.29 is 22.4 Å². The van der Waals surface area contributed by atoms with E-state index in [1.807, 2.05) is 25.1 Å². The molecule has 0 aromatic carbocycles. The van der Waals surface area contributed by atoms with Crippen LogP contribution in [0.5, 0.6) is 0 Å². The molecule has 11 heteroatoms. The van der Waals surface area contributed by atoms with E-state index in [2.05, 4.69) is 20.1 Å². The highest BCUT2D eigenvalue weighted by Crippen LogP contribution is 2.37. The van der Waals surface area contributed by atoms with Gasteiger partial charge in [0.15, 0.2) is 12.1 Å². The smallest absolute Gasteiger partial charge is 0.437 e. The second-order valence-corrected chi connectivity index (χ2v) is 7.04. The summed E-state index contributed by atoms with van der Waals surface area (Å²) in [7, 11) is 0. The van der Waals surface area contributed by atoms with Crippen molar-refractivity contribution in [2.24, 2.45) is 0 Å². The Morgan fingerprint density at radius 1 is 1.33 bits per heavy atom. The molecule has 0 fully saturated rings. The van der Waals surface area contributed by atoms with Gasteiger partial charge in [0.05, 0.1) is 23.2 Å². The largest absolute Gasteiger partial charge is 0.438 e. The number of nitrogens with one attached hydrogen (secondary N) is 1. The van der Waals surface area contributed by atoms with Crippen LogP contribution in [0.2, 0.25) is 0 Å². The van der Waals surface area contributed by atoms with Crippen LogP contribution in [0, 0.1) is 6.92 Å². The van der Waals surface area contributed by atoms with Crippen LogP contribution >= 0.6 is 0 Å². The number of pyridine rings is 1. The summed E-state index contributed by atoms with van der Waals surface area (Å²) in [5.74, 6) is -1.75. The van der Waals surface area contributed by atoms with Crippen molar-refractivity contribution >= 4 is 11.4 Å². The van der Waals surface area contributed by atoms with Gasteiger partial charge >= 0.3 is 6.18 Å². The number of alkyl halides is 3. The van der Waals surface area contributed by atoms with E-state index in [1.54, 1.807) is 10.7 Å². The van der Waals surface area contributed by atoms with Gasteiger partial charge in [0.25, 0.3) is 5.91 Å². The molecule has 1 unspecified atom stereocenters. The molecule has 30 heavy (non-hydrogen) atoms. The van der Waals surface area contributed by atoms with Crippen LogP contribution < -0.4 is 0 Å². The van der Waals surface area contributed by atoms with Gasteiger partial charge in [-0.15, -0.1) is 0 Å². The minimum Gasteiger partial charge on any atom is -0.438 e. The van der Waals surface area contributed by atoms with E-state index in [9.17, 15) is 18.0 Å². The minimum atomic E-state index is -4.80. The molecule has 1 aliphatic heterocycles. The zero-order valence-corrected chi connectivity index (χ0v) is 15.6. The number of hydrogen-bond donors (Lipinski definition) is 1. The van der Waals surface area contributed by atoms with Crippen molar-refractivity contribution in [3.05, 3.63) is 71.2 Å². The number of fused-ring (bicyclic) bond motifs is 2. The quantitative estimate of drug-likeness (QED) is 0.542. The van der Waals surface area contributed by atoms with Crippen LogP contribution in [-0.2, 0) is 12.6 Å². The Morgan fingerprint density at radius 2 is 2.17 bits per heavy atom. The SMILES string of the molecule is Cc1cccn2nc(C3c4nc[nH]c4CCN3C(=O)c3ocnc3C(F)(F)F)cc12. The summed E-state index contributed by atoms with van der Waals surface area (Å²) in [5.41, 5.74) is 2.32.